The van der Waals surface area contributed by atoms with E-state index in [9.17, 15) is 0 Å². The summed E-state index contributed by atoms with van der Waals surface area (Å²) < 4.78 is 6.21. The van der Waals surface area contributed by atoms with Gasteiger partial charge in [-0.3, -0.25) is 0 Å². The largest absolute Gasteiger partial charge is 0.490 e. The summed E-state index contributed by atoms with van der Waals surface area (Å²) in [4.78, 5) is 0. The molecule has 100 valence electrons. The second-order valence-corrected chi connectivity index (χ2v) is 5.28. The van der Waals surface area contributed by atoms with Gasteiger partial charge in [-0.1, -0.05) is 38.0 Å². The number of hydrogen-bond donors (Lipinski definition) is 1. The van der Waals surface area contributed by atoms with E-state index in [1.165, 1.54) is 38.5 Å². The van der Waals surface area contributed by atoms with Crippen LogP contribution in [0.5, 0.6) is 5.75 Å². The van der Waals surface area contributed by atoms with Crippen molar-refractivity contribution in [3.05, 3.63) is 29.8 Å². The summed E-state index contributed by atoms with van der Waals surface area (Å²) in [7, 11) is 0. The maximum Gasteiger partial charge on any atom is 0.124 e. The van der Waals surface area contributed by atoms with Crippen LogP contribution in [0, 0.1) is 0 Å². The van der Waals surface area contributed by atoms with Crippen molar-refractivity contribution in [2.75, 3.05) is 0 Å². The molecule has 2 nitrogen and oxygen atoms in total. The molecular formula is C16H25NO. The van der Waals surface area contributed by atoms with Crippen molar-refractivity contribution in [1.82, 2.24) is 0 Å². The van der Waals surface area contributed by atoms with Gasteiger partial charge in [0.2, 0.25) is 0 Å². The van der Waals surface area contributed by atoms with E-state index in [-0.39, 0.29) is 6.04 Å². The average molecular weight is 247 g/mol. The third kappa shape index (κ3) is 3.49. The molecule has 1 aliphatic rings. The first-order chi connectivity index (χ1) is 8.81. The van der Waals surface area contributed by atoms with Gasteiger partial charge < -0.3 is 10.5 Å². The van der Waals surface area contributed by atoms with E-state index in [0.717, 1.165) is 17.7 Å². The molecule has 0 bridgehead atoms. The van der Waals surface area contributed by atoms with Gasteiger partial charge in [0.1, 0.15) is 5.75 Å². The first-order valence-corrected chi connectivity index (χ1v) is 7.32. The van der Waals surface area contributed by atoms with Crippen LogP contribution in [-0.4, -0.2) is 6.10 Å². The summed E-state index contributed by atoms with van der Waals surface area (Å²) in [5, 5.41) is 0. The molecule has 2 N–H and O–H groups in total. The van der Waals surface area contributed by atoms with Gasteiger partial charge >= 0.3 is 0 Å². The van der Waals surface area contributed by atoms with Crippen molar-refractivity contribution >= 4 is 0 Å². The monoisotopic (exact) mass is 247 g/mol. The molecule has 0 heterocycles. The number of para-hydroxylation sites is 1. The van der Waals surface area contributed by atoms with Crippen LogP contribution in [0.3, 0.4) is 0 Å². The Morgan fingerprint density at radius 2 is 1.83 bits per heavy atom. The van der Waals surface area contributed by atoms with Crippen molar-refractivity contribution in [1.29, 1.82) is 0 Å². The molecule has 0 aliphatic heterocycles. The van der Waals surface area contributed by atoms with Crippen LogP contribution in [0.1, 0.15) is 63.5 Å². The molecule has 2 rings (SSSR count). The summed E-state index contributed by atoms with van der Waals surface area (Å²) in [5.41, 5.74) is 7.31. The highest BCUT2D eigenvalue weighted by atomic mass is 16.5. The van der Waals surface area contributed by atoms with Crippen LogP contribution in [-0.2, 0) is 0 Å². The van der Waals surface area contributed by atoms with Crippen LogP contribution >= 0.6 is 0 Å². The summed E-state index contributed by atoms with van der Waals surface area (Å²) in [6.07, 6.45) is 9.03. The van der Waals surface area contributed by atoms with Gasteiger partial charge in [0.15, 0.2) is 0 Å². The van der Waals surface area contributed by atoms with Gasteiger partial charge in [0, 0.05) is 11.6 Å². The molecule has 1 fully saturated rings. The highest BCUT2D eigenvalue weighted by Crippen LogP contribution is 2.29. The fraction of sp³-hybridized carbons (Fsp3) is 0.625. The lowest BCUT2D eigenvalue weighted by Gasteiger charge is -2.21. The van der Waals surface area contributed by atoms with Crippen molar-refractivity contribution in [3.8, 4) is 5.75 Å². The predicted molar refractivity (Wildman–Crippen MR) is 75.8 cm³/mol. The minimum Gasteiger partial charge on any atom is -0.490 e. The van der Waals surface area contributed by atoms with Gasteiger partial charge in [0.25, 0.3) is 0 Å². The molecule has 2 heteroatoms. The van der Waals surface area contributed by atoms with E-state index in [1.54, 1.807) is 0 Å². The Morgan fingerprint density at radius 1 is 1.17 bits per heavy atom. The van der Waals surface area contributed by atoms with E-state index >= 15 is 0 Å². The minimum absolute atomic E-state index is 0.0898. The first-order valence-electron chi connectivity index (χ1n) is 7.32. The zero-order valence-electron chi connectivity index (χ0n) is 11.4. The number of hydrogen-bond acceptors (Lipinski definition) is 2. The summed E-state index contributed by atoms with van der Waals surface area (Å²) in [6, 6.07) is 8.34. The molecule has 18 heavy (non-hydrogen) atoms. The molecule has 0 amide bonds. The minimum atomic E-state index is 0.0898. The van der Waals surface area contributed by atoms with E-state index in [2.05, 4.69) is 19.1 Å². The van der Waals surface area contributed by atoms with E-state index in [1.807, 2.05) is 12.1 Å². The SMILES string of the molecule is CCC(N)c1ccccc1OC1CCCCCC1. The number of ether oxygens (including phenoxy) is 1. The molecule has 0 aromatic heterocycles. The first kappa shape index (κ1) is 13.4. The molecule has 1 atom stereocenters. The molecule has 1 aromatic carbocycles. The van der Waals surface area contributed by atoms with Crippen LogP contribution < -0.4 is 10.5 Å². The lowest BCUT2D eigenvalue weighted by Crippen LogP contribution is -2.18. The zero-order valence-corrected chi connectivity index (χ0v) is 11.4. The van der Waals surface area contributed by atoms with Crippen LogP contribution in [0.2, 0.25) is 0 Å². The van der Waals surface area contributed by atoms with Gasteiger partial charge in [-0.05, 0) is 38.2 Å². The van der Waals surface area contributed by atoms with Gasteiger partial charge in [-0.15, -0.1) is 0 Å². The maximum atomic E-state index is 6.21. The molecule has 0 radical (unpaired) electrons. The Bertz CT molecular complexity index is 356. The number of nitrogens with two attached hydrogens (primary N) is 1. The number of rotatable bonds is 4. The van der Waals surface area contributed by atoms with Crippen molar-refractivity contribution in [3.63, 3.8) is 0 Å². The second-order valence-electron chi connectivity index (χ2n) is 5.28. The second kappa shape index (κ2) is 6.79. The summed E-state index contributed by atoms with van der Waals surface area (Å²) in [6.45, 7) is 2.12. The van der Waals surface area contributed by atoms with Gasteiger partial charge in [-0.2, -0.15) is 0 Å². The highest BCUT2D eigenvalue weighted by molar-refractivity contribution is 5.35. The molecule has 1 aromatic rings. The van der Waals surface area contributed by atoms with E-state index in [0.29, 0.717) is 6.10 Å². The van der Waals surface area contributed by atoms with Crippen molar-refractivity contribution in [2.24, 2.45) is 5.73 Å². The third-order valence-corrected chi connectivity index (χ3v) is 3.85. The van der Waals surface area contributed by atoms with Crippen molar-refractivity contribution < 1.29 is 4.74 Å². The topological polar surface area (TPSA) is 35.2 Å². The number of benzene rings is 1. The highest BCUT2D eigenvalue weighted by Gasteiger charge is 2.16. The zero-order chi connectivity index (χ0) is 12.8. The Balaban J connectivity index is 2.07. The fourth-order valence-corrected chi connectivity index (χ4v) is 2.65. The summed E-state index contributed by atoms with van der Waals surface area (Å²) >= 11 is 0. The summed E-state index contributed by atoms with van der Waals surface area (Å²) in [5.74, 6) is 0.999. The molecule has 1 unspecified atom stereocenters. The van der Waals surface area contributed by atoms with Crippen molar-refractivity contribution in [2.45, 2.75) is 64.0 Å². The quantitative estimate of drug-likeness (QED) is 0.809. The Morgan fingerprint density at radius 3 is 2.50 bits per heavy atom. The molecule has 1 aliphatic carbocycles. The van der Waals surface area contributed by atoms with Crippen LogP contribution in [0.4, 0.5) is 0 Å². The van der Waals surface area contributed by atoms with E-state index in [4.69, 9.17) is 10.5 Å². The Labute approximate surface area is 111 Å². The molecule has 0 spiro atoms. The molecule has 1 saturated carbocycles. The standard InChI is InChI=1S/C16H25NO/c1-2-15(17)14-11-7-8-12-16(14)18-13-9-5-3-4-6-10-13/h7-8,11-13,15H,2-6,9-10,17H2,1H3. The average Bonchev–Trinajstić information content (AvgIpc) is 2.67. The predicted octanol–water partition coefficient (Wildman–Crippen LogP) is 4.20. The van der Waals surface area contributed by atoms with Gasteiger partial charge in [0.05, 0.1) is 6.10 Å². The van der Waals surface area contributed by atoms with Gasteiger partial charge in [-0.25, -0.2) is 0 Å². The Kier molecular flexibility index (Phi) is 5.06. The third-order valence-electron chi connectivity index (χ3n) is 3.85. The molecular weight excluding hydrogens is 222 g/mol. The Hall–Kier alpha value is -1.02. The maximum absolute atomic E-state index is 6.21. The normalized spacial score (nSPS) is 19.2. The van der Waals surface area contributed by atoms with Crippen LogP contribution in [0.15, 0.2) is 24.3 Å². The van der Waals surface area contributed by atoms with E-state index < -0.39 is 0 Å². The van der Waals surface area contributed by atoms with Crippen LogP contribution in [0.25, 0.3) is 0 Å². The molecule has 0 saturated heterocycles. The lowest BCUT2D eigenvalue weighted by atomic mass is 10.0. The smallest absolute Gasteiger partial charge is 0.124 e. The lowest BCUT2D eigenvalue weighted by molar-refractivity contribution is 0.181. The fourth-order valence-electron chi connectivity index (χ4n) is 2.65.